The van der Waals surface area contributed by atoms with Crippen molar-refractivity contribution >= 4 is 0 Å². The summed E-state index contributed by atoms with van der Waals surface area (Å²) in [5.41, 5.74) is 0.805. The number of benzene rings is 1. The molecule has 1 fully saturated rings. The first kappa shape index (κ1) is 14.4. The van der Waals surface area contributed by atoms with Gasteiger partial charge >= 0.3 is 0 Å². The van der Waals surface area contributed by atoms with E-state index in [0.29, 0.717) is 6.42 Å². The van der Waals surface area contributed by atoms with Crippen LogP contribution in [0.5, 0.6) is 0 Å². The Morgan fingerprint density at radius 1 is 1.32 bits per heavy atom. The molecular weight excluding hydrogens is 248 g/mol. The van der Waals surface area contributed by atoms with Crippen LogP contribution in [-0.2, 0) is 11.2 Å². The summed E-state index contributed by atoms with van der Waals surface area (Å²) in [6.07, 6.45) is 4.14. The minimum Gasteiger partial charge on any atom is -0.377 e. The summed E-state index contributed by atoms with van der Waals surface area (Å²) in [6.45, 7) is 3.68. The number of rotatable bonds is 5. The zero-order valence-corrected chi connectivity index (χ0v) is 11.3. The van der Waals surface area contributed by atoms with Crippen molar-refractivity contribution in [1.82, 2.24) is 5.32 Å². The Morgan fingerprint density at radius 3 is 2.79 bits per heavy atom. The summed E-state index contributed by atoms with van der Waals surface area (Å²) in [5, 5.41) is 3.39. The smallest absolute Gasteiger partial charge is 0.159 e. The Morgan fingerprint density at radius 2 is 2.16 bits per heavy atom. The fourth-order valence-corrected chi connectivity index (χ4v) is 2.60. The van der Waals surface area contributed by atoms with Crippen molar-refractivity contribution in [2.45, 2.75) is 44.8 Å². The molecule has 1 aliphatic heterocycles. The molecule has 0 aromatic heterocycles. The Kier molecular flexibility index (Phi) is 5.28. The number of likely N-dealkylation sites (N-methyl/N-ethyl adjacent to an activating group) is 1. The first-order valence-corrected chi connectivity index (χ1v) is 6.99. The van der Waals surface area contributed by atoms with E-state index < -0.39 is 11.6 Å². The first-order chi connectivity index (χ1) is 9.20. The van der Waals surface area contributed by atoms with Crippen LogP contribution < -0.4 is 5.32 Å². The van der Waals surface area contributed by atoms with E-state index in [1.165, 1.54) is 18.6 Å². The molecule has 1 aliphatic rings. The third-order valence-electron chi connectivity index (χ3n) is 3.57. The molecule has 1 heterocycles. The summed E-state index contributed by atoms with van der Waals surface area (Å²) < 4.78 is 31.9. The topological polar surface area (TPSA) is 21.3 Å². The Balaban J connectivity index is 2.04. The first-order valence-electron chi connectivity index (χ1n) is 6.99. The van der Waals surface area contributed by atoms with Crippen molar-refractivity contribution < 1.29 is 13.5 Å². The Bertz CT molecular complexity index is 405. The molecule has 0 amide bonds. The Labute approximate surface area is 113 Å². The SMILES string of the molecule is CCNC(Cc1ccc(F)c(F)c1)C1CCCCO1. The van der Waals surface area contributed by atoms with Crippen LogP contribution in [-0.4, -0.2) is 25.3 Å². The second-order valence-electron chi connectivity index (χ2n) is 5.02. The lowest BCUT2D eigenvalue weighted by atomic mass is 9.96. The molecule has 2 rings (SSSR count). The monoisotopic (exact) mass is 269 g/mol. The number of hydrogen-bond acceptors (Lipinski definition) is 2. The van der Waals surface area contributed by atoms with Gasteiger partial charge in [0.1, 0.15) is 0 Å². The van der Waals surface area contributed by atoms with Crippen LogP contribution in [0, 0.1) is 11.6 Å². The maximum Gasteiger partial charge on any atom is 0.159 e. The van der Waals surface area contributed by atoms with Gasteiger partial charge in [-0.15, -0.1) is 0 Å². The average Bonchev–Trinajstić information content (AvgIpc) is 2.43. The van der Waals surface area contributed by atoms with E-state index in [4.69, 9.17) is 4.74 Å². The van der Waals surface area contributed by atoms with Gasteiger partial charge in [0.2, 0.25) is 0 Å². The van der Waals surface area contributed by atoms with Gasteiger partial charge in [-0.05, 0) is 49.9 Å². The second-order valence-corrected chi connectivity index (χ2v) is 5.02. The van der Waals surface area contributed by atoms with Gasteiger partial charge < -0.3 is 10.1 Å². The molecule has 19 heavy (non-hydrogen) atoms. The van der Waals surface area contributed by atoms with Gasteiger partial charge in [0, 0.05) is 12.6 Å². The van der Waals surface area contributed by atoms with Gasteiger partial charge in [0.15, 0.2) is 11.6 Å². The summed E-state index contributed by atoms with van der Waals surface area (Å²) in [5.74, 6) is -1.57. The van der Waals surface area contributed by atoms with E-state index in [-0.39, 0.29) is 12.1 Å². The number of nitrogens with one attached hydrogen (secondary N) is 1. The maximum absolute atomic E-state index is 13.2. The van der Waals surface area contributed by atoms with Gasteiger partial charge in [-0.25, -0.2) is 8.78 Å². The van der Waals surface area contributed by atoms with Gasteiger partial charge in [-0.1, -0.05) is 13.0 Å². The van der Waals surface area contributed by atoms with Crippen molar-refractivity contribution in [3.63, 3.8) is 0 Å². The van der Waals surface area contributed by atoms with Crippen molar-refractivity contribution in [1.29, 1.82) is 0 Å². The number of halogens is 2. The van der Waals surface area contributed by atoms with Gasteiger partial charge in [-0.3, -0.25) is 0 Å². The van der Waals surface area contributed by atoms with E-state index in [1.807, 2.05) is 6.92 Å². The zero-order chi connectivity index (χ0) is 13.7. The fourth-order valence-electron chi connectivity index (χ4n) is 2.60. The van der Waals surface area contributed by atoms with Crippen molar-refractivity contribution in [3.8, 4) is 0 Å². The molecule has 0 bridgehead atoms. The van der Waals surface area contributed by atoms with Gasteiger partial charge in [0.05, 0.1) is 6.10 Å². The molecule has 1 aromatic rings. The van der Waals surface area contributed by atoms with Crippen molar-refractivity contribution in [2.24, 2.45) is 0 Å². The fraction of sp³-hybridized carbons (Fsp3) is 0.600. The zero-order valence-electron chi connectivity index (χ0n) is 11.3. The Hall–Kier alpha value is -1.00. The van der Waals surface area contributed by atoms with Gasteiger partial charge in [0.25, 0.3) is 0 Å². The normalized spacial score (nSPS) is 21.3. The lowest BCUT2D eigenvalue weighted by Crippen LogP contribution is -2.44. The third-order valence-corrected chi connectivity index (χ3v) is 3.57. The van der Waals surface area contributed by atoms with Crippen LogP contribution in [0.15, 0.2) is 18.2 Å². The van der Waals surface area contributed by atoms with E-state index in [0.717, 1.165) is 31.6 Å². The molecule has 1 aromatic carbocycles. The predicted molar refractivity (Wildman–Crippen MR) is 71.1 cm³/mol. The van der Waals surface area contributed by atoms with Crippen LogP contribution in [0.1, 0.15) is 31.7 Å². The van der Waals surface area contributed by atoms with Crippen LogP contribution in [0.3, 0.4) is 0 Å². The highest BCUT2D eigenvalue weighted by Gasteiger charge is 2.24. The molecule has 2 atom stereocenters. The average molecular weight is 269 g/mol. The highest BCUT2D eigenvalue weighted by Crippen LogP contribution is 2.19. The quantitative estimate of drug-likeness (QED) is 0.887. The lowest BCUT2D eigenvalue weighted by Gasteiger charge is -2.31. The highest BCUT2D eigenvalue weighted by molar-refractivity contribution is 5.19. The minimum atomic E-state index is -0.794. The number of hydrogen-bond donors (Lipinski definition) is 1. The highest BCUT2D eigenvalue weighted by atomic mass is 19.2. The van der Waals surface area contributed by atoms with Crippen LogP contribution in [0.2, 0.25) is 0 Å². The third kappa shape index (κ3) is 3.98. The van der Waals surface area contributed by atoms with E-state index in [9.17, 15) is 8.78 Å². The molecule has 0 aliphatic carbocycles. The van der Waals surface area contributed by atoms with Crippen LogP contribution in [0.25, 0.3) is 0 Å². The van der Waals surface area contributed by atoms with Crippen LogP contribution >= 0.6 is 0 Å². The van der Waals surface area contributed by atoms with E-state index in [1.54, 1.807) is 6.07 Å². The molecule has 2 nitrogen and oxygen atoms in total. The molecular formula is C15H21F2NO. The van der Waals surface area contributed by atoms with Crippen molar-refractivity contribution in [3.05, 3.63) is 35.4 Å². The molecule has 0 radical (unpaired) electrons. The second kappa shape index (κ2) is 6.96. The largest absolute Gasteiger partial charge is 0.377 e. The van der Waals surface area contributed by atoms with E-state index in [2.05, 4.69) is 5.32 Å². The minimum absolute atomic E-state index is 0.162. The molecule has 2 unspecified atom stereocenters. The molecule has 0 saturated carbocycles. The molecule has 106 valence electrons. The molecule has 4 heteroatoms. The van der Waals surface area contributed by atoms with Gasteiger partial charge in [-0.2, -0.15) is 0 Å². The standard InChI is InChI=1S/C15H21F2NO/c1-2-18-14(15-5-3-4-8-19-15)10-11-6-7-12(16)13(17)9-11/h6-7,9,14-15,18H,2-5,8,10H2,1H3. The summed E-state index contributed by atoms with van der Waals surface area (Å²) in [6, 6.07) is 4.28. The molecule has 0 spiro atoms. The lowest BCUT2D eigenvalue weighted by molar-refractivity contribution is -0.00710. The molecule has 1 saturated heterocycles. The summed E-state index contributed by atoms with van der Waals surface area (Å²) in [7, 11) is 0. The maximum atomic E-state index is 13.2. The predicted octanol–water partition coefficient (Wildman–Crippen LogP) is 3.05. The van der Waals surface area contributed by atoms with E-state index >= 15 is 0 Å². The summed E-state index contributed by atoms with van der Waals surface area (Å²) in [4.78, 5) is 0. The van der Waals surface area contributed by atoms with Crippen molar-refractivity contribution in [2.75, 3.05) is 13.2 Å². The number of ether oxygens (including phenoxy) is 1. The van der Waals surface area contributed by atoms with Crippen LogP contribution in [0.4, 0.5) is 8.78 Å². The summed E-state index contributed by atoms with van der Waals surface area (Å²) >= 11 is 0. The molecule has 1 N–H and O–H groups in total.